The van der Waals surface area contributed by atoms with Gasteiger partial charge in [-0.05, 0) is 38.6 Å². The van der Waals surface area contributed by atoms with Crippen LogP contribution in [-0.2, 0) is 10.0 Å². The molecule has 1 aromatic heterocycles. The molecule has 31 heavy (non-hydrogen) atoms. The number of halogens is 1. The minimum Gasteiger partial charge on any atom is -0.382 e. The predicted molar refractivity (Wildman–Crippen MR) is 121 cm³/mol. The van der Waals surface area contributed by atoms with Gasteiger partial charge in [-0.3, -0.25) is 4.79 Å². The molecule has 0 fully saturated rings. The van der Waals surface area contributed by atoms with Gasteiger partial charge in [0.05, 0.1) is 4.90 Å². The normalized spacial score (nSPS) is 11.6. The van der Waals surface area contributed by atoms with Crippen LogP contribution in [0.25, 0.3) is 0 Å². The summed E-state index contributed by atoms with van der Waals surface area (Å²) in [5.74, 6) is -0.565. The molecule has 170 valence electrons. The summed E-state index contributed by atoms with van der Waals surface area (Å²) in [6, 6.07) is 8.30. The molecule has 6 N–H and O–H groups in total. The van der Waals surface area contributed by atoms with Gasteiger partial charge in [0.1, 0.15) is 0 Å². The average molecular weight is 470 g/mol. The van der Waals surface area contributed by atoms with Crippen LogP contribution in [0.2, 0.25) is 5.15 Å². The third kappa shape index (κ3) is 7.94. The standard InChI is InChI=1S/C19H28ClN7O3S/c1-27(13-11-23-19(28)15-17(21)26-18(22)16(20)25-15)12-7-3-6-10-24-31(29,30)14-8-4-2-5-9-14/h2,4-5,8-9,24H,3,6-7,10-13H2,1H3,(H,23,28)(H4,21,22,26). The van der Waals surface area contributed by atoms with E-state index in [0.29, 0.717) is 19.6 Å². The van der Waals surface area contributed by atoms with Crippen molar-refractivity contribution in [2.24, 2.45) is 0 Å². The number of nitrogens with zero attached hydrogens (tertiary/aromatic N) is 3. The van der Waals surface area contributed by atoms with Crippen LogP contribution < -0.4 is 21.5 Å². The Balaban J connectivity index is 1.60. The summed E-state index contributed by atoms with van der Waals surface area (Å²) in [5, 5.41) is 2.65. The number of nitrogens with one attached hydrogen (secondary N) is 2. The van der Waals surface area contributed by atoms with E-state index in [2.05, 4.69) is 24.9 Å². The quantitative estimate of drug-likeness (QED) is 0.336. The number of unbranched alkanes of at least 4 members (excludes halogenated alkanes) is 2. The van der Waals surface area contributed by atoms with Crippen LogP contribution in [0.15, 0.2) is 35.2 Å². The van der Waals surface area contributed by atoms with Crippen molar-refractivity contribution < 1.29 is 13.2 Å². The molecule has 0 bridgehead atoms. The minimum atomic E-state index is -3.45. The van der Waals surface area contributed by atoms with E-state index < -0.39 is 15.9 Å². The zero-order valence-corrected chi connectivity index (χ0v) is 18.9. The van der Waals surface area contributed by atoms with Crippen molar-refractivity contribution >= 4 is 39.2 Å². The maximum Gasteiger partial charge on any atom is 0.273 e. The molecule has 0 aliphatic carbocycles. The molecule has 0 aliphatic heterocycles. The summed E-state index contributed by atoms with van der Waals surface area (Å²) in [4.78, 5) is 22.1. The Hall–Kier alpha value is -2.47. The van der Waals surface area contributed by atoms with Crippen molar-refractivity contribution in [3.8, 4) is 0 Å². The largest absolute Gasteiger partial charge is 0.382 e. The average Bonchev–Trinajstić information content (AvgIpc) is 2.73. The van der Waals surface area contributed by atoms with Gasteiger partial charge in [-0.25, -0.2) is 23.1 Å². The van der Waals surface area contributed by atoms with Crippen molar-refractivity contribution in [2.45, 2.75) is 24.2 Å². The number of likely N-dealkylation sites (N-methyl/N-ethyl adjacent to an activating group) is 1. The highest BCUT2D eigenvalue weighted by Gasteiger charge is 2.15. The Morgan fingerprint density at radius 2 is 1.74 bits per heavy atom. The lowest BCUT2D eigenvalue weighted by atomic mass is 10.2. The zero-order valence-electron chi connectivity index (χ0n) is 17.3. The Bertz CT molecular complexity index is 974. The number of nitrogens with two attached hydrogens (primary N) is 2. The molecule has 0 radical (unpaired) electrons. The van der Waals surface area contributed by atoms with E-state index in [0.717, 1.165) is 25.8 Å². The molecule has 10 nitrogen and oxygen atoms in total. The number of hydrogen-bond acceptors (Lipinski definition) is 8. The summed E-state index contributed by atoms with van der Waals surface area (Å²) in [6.45, 7) is 2.23. The smallest absolute Gasteiger partial charge is 0.273 e. The molecule has 0 aliphatic rings. The van der Waals surface area contributed by atoms with Gasteiger partial charge in [0, 0.05) is 19.6 Å². The maximum absolute atomic E-state index is 12.2. The third-order valence-corrected chi connectivity index (χ3v) is 6.22. The molecule has 12 heteroatoms. The van der Waals surface area contributed by atoms with Crippen molar-refractivity contribution in [1.29, 1.82) is 0 Å². The molecule has 1 heterocycles. The first-order valence-corrected chi connectivity index (χ1v) is 11.7. The maximum atomic E-state index is 12.2. The number of carbonyl (C=O) groups is 1. The van der Waals surface area contributed by atoms with Crippen LogP contribution in [0.5, 0.6) is 0 Å². The second-order valence-corrected chi connectivity index (χ2v) is 9.09. The molecule has 0 unspecified atom stereocenters. The van der Waals surface area contributed by atoms with Crippen molar-refractivity contribution in [2.75, 3.05) is 44.7 Å². The molecule has 0 spiro atoms. The number of nitrogen functional groups attached to an aromatic ring is 2. The number of sulfonamides is 1. The van der Waals surface area contributed by atoms with Crippen molar-refractivity contribution in [3.05, 3.63) is 41.2 Å². The van der Waals surface area contributed by atoms with Crippen LogP contribution in [-0.4, -0.2) is 62.4 Å². The monoisotopic (exact) mass is 469 g/mol. The summed E-state index contributed by atoms with van der Waals surface area (Å²) in [7, 11) is -1.51. The number of carbonyl (C=O) groups excluding carboxylic acids is 1. The molecule has 2 aromatic rings. The highest BCUT2D eigenvalue weighted by atomic mass is 35.5. The first-order chi connectivity index (χ1) is 14.7. The highest BCUT2D eigenvalue weighted by Crippen LogP contribution is 2.17. The lowest BCUT2D eigenvalue weighted by molar-refractivity contribution is 0.0945. The number of rotatable bonds is 12. The molecule has 1 amide bonds. The van der Waals surface area contributed by atoms with E-state index in [1.807, 2.05) is 7.05 Å². The molecule has 1 aromatic carbocycles. The van der Waals surface area contributed by atoms with Gasteiger partial charge in [-0.2, -0.15) is 0 Å². The van der Waals surface area contributed by atoms with Gasteiger partial charge in [0.15, 0.2) is 22.5 Å². The molecule has 0 atom stereocenters. The van der Waals surface area contributed by atoms with Crippen molar-refractivity contribution in [3.63, 3.8) is 0 Å². The SMILES string of the molecule is CN(CCCCCNS(=O)(=O)c1ccccc1)CCNC(=O)c1nc(Cl)c(N)nc1N. The summed E-state index contributed by atoms with van der Waals surface area (Å²) >= 11 is 5.78. The predicted octanol–water partition coefficient (Wildman–Crippen LogP) is 1.10. The van der Waals surface area contributed by atoms with Crippen LogP contribution in [0.3, 0.4) is 0 Å². The molecule has 0 saturated carbocycles. The second-order valence-electron chi connectivity index (χ2n) is 6.96. The summed E-state index contributed by atoms with van der Waals surface area (Å²) < 4.78 is 26.9. The fraction of sp³-hybridized carbons (Fsp3) is 0.421. The third-order valence-electron chi connectivity index (χ3n) is 4.46. The van der Waals surface area contributed by atoms with E-state index >= 15 is 0 Å². The zero-order chi connectivity index (χ0) is 22.9. The first kappa shape index (κ1) is 24.8. The van der Waals surface area contributed by atoms with Gasteiger partial charge in [0.25, 0.3) is 5.91 Å². The Labute approximate surface area is 187 Å². The second kappa shape index (κ2) is 11.8. The van der Waals surface area contributed by atoms with Gasteiger partial charge in [0.2, 0.25) is 10.0 Å². The van der Waals surface area contributed by atoms with Gasteiger partial charge >= 0.3 is 0 Å². The topological polar surface area (TPSA) is 156 Å². The molecule has 2 rings (SSSR count). The number of aromatic nitrogens is 2. The fourth-order valence-corrected chi connectivity index (χ4v) is 3.96. The molecular formula is C19H28ClN7O3S. The Kier molecular flexibility index (Phi) is 9.44. The van der Waals surface area contributed by atoms with E-state index in [1.54, 1.807) is 30.3 Å². The van der Waals surface area contributed by atoms with E-state index in [4.69, 9.17) is 23.1 Å². The van der Waals surface area contributed by atoms with E-state index in [9.17, 15) is 13.2 Å². The number of hydrogen-bond donors (Lipinski definition) is 4. The minimum absolute atomic E-state index is 0.0247. The van der Waals surface area contributed by atoms with E-state index in [-0.39, 0.29) is 27.4 Å². The van der Waals surface area contributed by atoms with Crippen LogP contribution in [0.1, 0.15) is 29.8 Å². The fourth-order valence-electron chi connectivity index (χ4n) is 2.74. The van der Waals surface area contributed by atoms with Gasteiger partial charge in [-0.15, -0.1) is 0 Å². The van der Waals surface area contributed by atoms with Gasteiger partial charge in [-0.1, -0.05) is 36.2 Å². The number of amides is 1. The first-order valence-electron chi connectivity index (χ1n) is 9.80. The van der Waals surface area contributed by atoms with E-state index in [1.165, 1.54) is 0 Å². The highest BCUT2D eigenvalue weighted by molar-refractivity contribution is 7.89. The summed E-state index contributed by atoms with van der Waals surface area (Å²) in [6.07, 6.45) is 2.53. The molecule has 0 saturated heterocycles. The van der Waals surface area contributed by atoms with Crippen molar-refractivity contribution in [1.82, 2.24) is 24.9 Å². The van der Waals surface area contributed by atoms with Crippen LogP contribution in [0, 0.1) is 0 Å². The lowest BCUT2D eigenvalue weighted by Crippen LogP contribution is -2.34. The Morgan fingerprint density at radius 3 is 2.45 bits per heavy atom. The Morgan fingerprint density at radius 1 is 1.03 bits per heavy atom. The lowest BCUT2D eigenvalue weighted by Gasteiger charge is -2.17. The van der Waals surface area contributed by atoms with Crippen LogP contribution in [0.4, 0.5) is 11.6 Å². The number of benzene rings is 1. The molecular weight excluding hydrogens is 442 g/mol. The van der Waals surface area contributed by atoms with Gasteiger partial charge < -0.3 is 21.7 Å². The summed E-state index contributed by atoms with van der Waals surface area (Å²) in [5.41, 5.74) is 11.1. The number of anilines is 2. The van der Waals surface area contributed by atoms with Crippen LogP contribution >= 0.6 is 11.6 Å².